The van der Waals surface area contributed by atoms with Gasteiger partial charge in [-0.1, -0.05) is 23.7 Å². The number of pyridine rings is 1. The lowest BCUT2D eigenvalue weighted by Gasteiger charge is -2.07. The largest absolute Gasteiger partial charge is 0.348 e. The monoisotopic (exact) mass is 404 g/mol. The van der Waals surface area contributed by atoms with Gasteiger partial charge in [-0.15, -0.1) is 0 Å². The predicted octanol–water partition coefficient (Wildman–Crippen LogP) is 3.64. The number of nitrogens with zero attached hydrogens (tertiary/aromatic N) is 1. The average Bonchev–Trinajstić information content (AvgIpc) is 2.68. The highest BCUT2D eigenvalue weighted by Gasteiger charge is 2.19. The maximum absolute atomic E-state index is 12.9. The summed E-state index contributed by atoms with van der Waals surface area (Å²) in [5.74, 6) is -0.769. The van der Waals surface area contributed by atoms with Gasteiger partial charge in [0.05, 0.1) is 10.5 Å². The number of hydrogen-bond acceptors (Lipinski definition) is 4. The average molecular weight is 405 g/mol. The van der Waals surface area contributed by atoms with E-state index in [0.29, 0.717) is 5.02 Å². The number of nitrogens with one attached hydrogen (secondary N) is 1. The van der Waals surface area contributed by atoms with Gasteiger partial charge < -0.3 is 5.32 Å². The molecule has 138 valence electrons. The number of carbonyl (C=O) groups excluding carboxylic acids is 1. The number of rotatable bonds is 5. The van der Waals surface area contributed by atoms with Crippen molar-refractivity contribution < 1.29 is 17.6 Å². The van der Waals surface area contributed by atoms with Crippen molar-refractivity contribution in [1.82, 2.24) is 10.3 Å². The molecule has 0 atom stereocenters. The first-order valence-electron chi connectivity index (χ1n) is 7.85. The van der Waals surface area contributed by atoms with E-state index in [9.17, 15) is 17.6 Å². The van der Waals surface area contributed by atoms with E-state index in [1.165, 1.54) is 54.7 Å². The van der Waals surface area contributed by atoms with Crippen LogP contribution in [0.2, 0.25) is 5.02 Å². The summed E-state index contributed by atoms with van der Waals surface area (Å²) in [4.78, 5) is 16.1. The van der Waals surface area contributed by atoms with Crippen LogP contribution < -0.4 is 5.32 Å². The van der Waals surface area contributed by atoms with Crippen molar-refractivity contribution in [3.8, 4) is 0 Å². The fourth-order valence-electron chi connectivity index (χ4n) is 2.29. The predicted molar refractivity (Wildman–Crippen MR) is 98.7 cm³/mol. The summed E-state index contributed by atoms with van der Waals surface area (Å²) in [6.07, 6.45) is 1.20. The highest BCUT2D eigenvalue weighted by atomic mass is 35.5. The third-order valence-corrected chi connectivity index (χ3v) is 5.70. The molecular formula is C19H14ClFN2O3S. The molecule has 0 aliphatic heterocycles. The van der Waals surface area contributed by atoms with Crippen molar-refractivity contribution in [3.05, 3.63) is 88.8 Å². The molecule has 0 saturated heterocycles. The summed E-state index contributed by atoms with van der Waals surface area (Å²) in [6, 6.07) is 14.1. The second kappa shape index (κ2) is 7.85. The topological polar surface area (TPSA) is 76.1 Å². The van der Waals surface area contributed by atoms with E-state index >= 15 is 0 Å². The van der Waals surface area contributed by atoms with E-state index in [-0.39, 0.29) is 27.8 Å². The van der Waals surface area contributed by atoms with Crippen LogP contribution in [0.25, 0.3) is 0 Å². The third-order valence-electron chi connectivity index (χ3n) is 3.76. The number of halogens is 2. The van der Waals surface area contributed by atoms with Gasteiger partial charge in [0.2, 0.25) is 9.84 Å². The van der Waals surface area contributed by atoms with E-state index in [0.717, 1.165) is 5.56 Å². The first-order chi connectivity index (χ1) is 12.9. The Morgan fingerprint density at radius 3 is 2.26 bits per heavy atom. The standard InChI is InChI=1S/C19H14ClFN2O3S/c20-15-4-8-17(9-5-15)27(25,26)18-10-3-14(12-22-18)19(24)23-11-13-1-6-16(21)7-2-13/h1-10,12H,11H2,(H,23,24). The number of amides is 1. The zero-order valence-electron chi connectivity index (χ0n) is 13.9. The Morgan fingerprint density at radius 1 is 1.00 bits per heavy atom. The van der Waals surface area contributed by atoms with Crippen LogP contribution in [0, 0.1) is 5.82 Å². The maximum atomic E-state index is 12.9. The van der Waals surface area contributed by atoms with Crippen LogP contribution in [0.5, 0.6) is 0 Å². The SMILES string of the molecule is O=C(NCc1ccc(F)cc1)c1ccc(S(=O)(=O)c2ccc(Cl)cc2)nc1. The molecule has 3 rings (SSSR count). The highest BCUT2D eigenvalue weighted by molar-refractivity contribution is 7.91. The molecular weight excluding hydrogens is 391 g/mol. The summed E-state index contributed by atoms with van der Waals surface area (Å²) in [7, 11) is -3.79. The normalized spacial score (nSPS) is 11.2. The summed E-state index contributed by atoms with van der Waals surface area (Å²) < 4.78 is 37.9. The first-order valence-corrected chi connectivity index (χ1v) is 9.72. The number of carbonyl (C=O) groups is 1. The maximum Gasteiger partial charge on any atom is 0.253 e. The fraction of sp³-hybridized carbons (Fsp3) is 0.0526. The Labute approximate surface area is 160 Å². The molecule has 1 N–H and O–H groups in total. The molecule has 0 saturated carbocycles. The number of hydrogen-bond donors (Lipinski definition) is 1. The zero-order chi connectivity index (χ0) is 19.4. The molecule has 5 nitrogen and oxygen atoms in total. The molecule has 3 aromatic rings. The molecule has 0 bridgehead atoms. The molecule has 1 heterocycles. The van der Waals surface area contributed by atoms with Crippen molar-refractivity contribution in [3.63, 3.8) is 0 Å². The number of aromatic nitrogens is 1. The minimum absolute atomic E-state index is 0.0629. The van der Waals surface area contributed by atoms with Crippen molar-refractivity contribution >= 4 is 27.3 Å². The Morgan fingerprint density at radius 2 is 1.67 bits per heavy atom. The van der Waals surface area contributed by atoms with Crippen LogP contribution in [0.4, 0.5) is 4.39 Å². The van der Waals surface area contributed by atoms with Gasteiger partial charge in [0, 0.05) is 17.8 Å². The lowest BCUT2D eigenvalue weighted by Crippen LogP contribution is -2.23. The van der Waals surface area contributed by atoms with Crippen LogP contribution >= 0.6 is 11.6 Å². The van der Waals surface area contributed by atoms with Gasteiger partial charge in [-0.05, 0) is 54.1 Å². The van der Waals surface area contributed by atoms with Crippen molar-refractivity contribution in [2.24, 2.45) is 0 Å². The van der Waals surface area contributed by atoms with Gasteiger partial charge in [-0.25, -0.2) is 17.8 Å². The quantitative estimate of drug-likeness (QED) is 0.704. The molecule has 0 unspecified atom stereocenters. The van der Waals surface area contributed by atoms with E-state index in [1.54, 1.807) is 12.1 Å². The van der Waals surface area contributed by atoms with Crippen molar-refractivity contribution in [2.45, 2.75) is 16.5 Å². The lowest BCUT2D eigenvalue weighted by atomic mass is 10.2. The third kappa shape index (κ3) is 4.50. The molecule has 0 spiro atoms. The smallest absolute Gasteiger partial charge is 0.253 e. The molecule has 27 heavy (non-hydrogen) atoms. The van der Waals surface area contributed by atoms with Crippen LogP contribution in [0.15, 0.2) is 76.8 Å². The van der Waals surface area contributed by atoms with E-state index < -0.39 is 15.7 Å². The van der Waals surface area contributed by atoms with Gasteiger partial charge in [-0.2, -0.15) is 0 Å². The van der Waals surface area contributed by atoms with Gasteiger partial charge in [-0.3, -0.25) is 4.79 Å². The molecule has 0 radical (unpaired) electrons. The van der Waals surface area contributed by atoms with Gasteiger partial charge in [0.15, 0.2) is 5.03 Å². The van der Waals surface area contributed by atoms with Crippen molar-refractivity contribution in [2.75, 3.05) is 0 Å². The summed E-state index contributed by atoms with van der Waals surface area (Å²) in [6.45, 7) is 0.212. The van der Waals surface area contributed by atoms with Crippen LogP contribution in [-0.4, -0.2) is 19.3 Å². The zero-order valence-corrected chi connectivity index (χ0v) is 15.5. The summed E-state index contributed by atoms with van der Waals surface area (Å²) in [5.41, 5.74) is 0.951. The van der Waals surface area contributed by atoms with E-state index in [4.69, 9.17) is 11.6 Å². The van der Waals surface area contributed by atoms with Gasteiger partial charge in [0.1, 0.15) is 5.82 Å². The van der Waals surface area contributed by atoms with Crippen LogP contribution in [-0.2, 0) is 16.4 Å². The number of benzene rings is 2. The van der Waals surface area contributed by atoms with E-state index in [1.807, 2.05) is 0 Å². The Balaban J connectivity index is 1.71. The first kappa shape index (κ1) is 19.0. The second-order valence-corrected chi connectivity index (χ2v) is 7.98. The van der Waals surface area contributed by atoms with E-state index in [2.05, 4.69) is 10.3 Å². The summed E-state index contributed by atoms with van der Waals surface area (Å²) >= 11 is 5.77. The minimum atomic E-state index is -3.79. The Bertz CT molecular complexity index is 1050. The van der Waals surface area contributed by atoms with Crippen molar-refractivity contribution in [1.29, 1.82) is 0 Å². The van der Waals surface area contributed by atoms with Crippen LogP contribution in [0.3, 0.4) is 0 Å². The second-order valence-electron chi connectivity index (χ2n) is 5.65. The molecule has 0 aliphatic carbocycles. The van der Waals surface area contributed by atoms with Gasteiger partial charge >= 0.3 is 0 Å². The lowest BCUT2D eigenvalue weighted by molar-refractivity contribution is 0.0950. The Kier molecular flexibility index (Phi) is 5.53. The molecule has 1 amide bonds. The fourth-order valence-corrected chi connectivity index (χ4v) is 3.60. The molecule has 8 heteroatoms. The number of sulfone groups is 1. The molecule has 0 fully saturated rings. The van der Waals surface area contributed by atoms with Crippen LogP contribution in [0.1, 0.15) is 15.9 Å². The van der Waals surface area contributed by atoms with Gasteiger partial charge in [0.25, 0.3) is 5.91 Å². The highest BCUT2D eigenvalue weighted by Crippen LogP contribution is 2.21. The summed E-state index contributed by atoms with van der Waals surface area (Å²) in [5, 5.41) is 2.92. The molecule has 1 aromatic heterocycles. The molecule has 2 aromatic carbocycles. The Hall–Kier alpha value is -2.77. The molecule has 0 aliphatic rings. The minimum Gasteiger partial charge on any atom is -0.348 e.